The fourth-order valence-electron chi connectivity index (χ4n) is 3.48. The summed E-state index contributed by atoms with van der Waals surface area (Å²) in [6.07, 6.45) is 3.28. The molecule has 0 radical (unpaired) electrons. The molecule has 0 spiro atoms. The minimum atomic E-state index is -0.595. The van der Waals surface area contributed by atoms with E-state index in [1.807, 2.05) is 13.0 Å². The summed E-state index contributed by atoms with van der Waals surface area (Å²) in [4.78, 5) is 0. The molecule has 3 heteroatoms. The first-order chi connectivity index (χ1) is 11.5. The van der Waals surface area contributed by atoms with Crippen molar-refractivity contribution >= 4 is 11.1 Å². The van der Waals surface area contributed by atoms with Gasteiger partial charge in [-0.1, -0.05) is 40.7 Å². The van der Waals surface area contributed by atoms with Gasteiger partial charge >= 0.3 is 0 Å². The van der Waals surface area contributed by atoms with Gasteiger partial charge in [0, 0.05) is 5.56 Å². The van der Waals surface area contributed by atoms with Crippen LogP contribution in [0.4, 0.5) is 4.39 Å². The molecule has 0 atom stereocenters. The molecule has 0 amide bonds. The molecule has 0 fully saturated rings. The number of fused-ring (bicyclic) bond motifs is 1. The predicted octanol–water partition coefficient (Wildman–Crippen LogP) is 5.89. The molecule has 0 saturated carbocycles. The normalized spacial score (nSPS) is 17.6. The van der Waals surface area contributed by atoms with Crippen LogP contribution in [0.1, 0.15) is 71.6 Å². The zero-order valence-electron chi connectivity index (χ0n) is 16.6. The average Bonchev–Trinajstić information content (AvgIpc) is 2.52. The van der Waals surface area contributed by atoms with Gasteiger partial charge in [-0.2, -0.15) is 0 Å². The molecule has 1 aromatic rings. The SMILES string of the molecule is CCOc1cc2c(cc1/C(C)=C(/F)CO)C(C(C)(C)C)=CCC2(C)C. The minimum Gasteiger partial charge on any atom is -0.493 e. The lowest BCUT2D eigenvalue weighted by atomic mass is 9.67. The van der Waals surface area contributed by atoms with E-state index in [1.54, 1.807) is 6.92 Å². The van der Waals surface area contributed by atoms with Crippen LogP contribution in [0.2, 0.25) is 0 Å². The molecule has 0 aromatic heterocycles. The molecule has 1 aliphatic carbocycles. The van der Waals surface area contributed by atoms with Crippen molar-refractivity contribution in [3.63, 3.8) is 0 Å². The van der Waals surface area contributed by atoms with E-state index in [9.17, 15) is 9.50 Å². The number of hydrogen-bond donors (Lipinski definition) is 1. The molecule has 138 valence electrons. The number of benzene rings is 1. The highest BCUT2D eigenvalue weighted by atomic mass is 19.1. The third kappa shape index (κ3) is 3.82. The fourth-order valence-corrected chi connectivity index (χ4v) is 3.48. The van der Waals surface area contributed by atoms with E-state index in [0.29, 0.717) is 17.9 Å². The van der Waals surface area contributed by atoms with Gasteiger partial charge in [0.25, 0.3) is 0 Å². The number of hydrogen-bond acceptors (Lipinski definition) is 2. The van der Waals surface area contributed by atoms with Crippen molar-refractivity contribution in [3.8, 4) is 5.75 Å². The second kappa shape index (κ2) is 6.95. The Hall–Kier alpha value is -1.61. The topological polar surface area (TPSA) is 29.5 Å². The van der Waals surface area contributed by atoms with Crippen LogP contribution < -0.4 is 4.74 Å². The summed E-state index contributed by atoms with van der Waals surface area (Å²) in [5.41, 5.74) is 4.84. The lowest BCUT2D eigenvalue weighted by Crippen LogP contribution is -2.25. The quantitative estimate of drug-likeness (QED) is 0.736. The van der Waals surface area contributed by atoms with Crippen LogP contribution in [0.5, 0.6) is 5.75 Å². The Morgan fingerprint density at radius 2 is 1.92 bits per heavy atom. The lowest BCUT2D eigenvalue weighted by Gasteiger charge is -2.37. The Labute approximate surface area is 151 Å². The number of ether oxygens (including phenoxy) is 1. The second-order valence-corrected chi connectivity index (χ2v) is 8.47. The molecule has 1 aromatic carbocycles. The predicted molar refractivity (Wildman–Crippen MR) is 103 cm³/mol. The number of halogens is 1. The molecule has 0 bridgehead atoms. The fraction of sp³-hybridized carbons (Fsp3) is 0.545. The molecule has 0 aliphatic heterocycles. The molecular formula is C22H31FO2. The molecule has 0 heterocycles. The van der Waals surface area contributed by atoms with Gasteiger partial charge < -0.3 is 9.84 Å². The maximum absolute atomic E-state index is 14.1. The molecule has 1 aliphatic rings. The van der Waals surface area contributed by atoms with Gasteiger partial charge in [0.1, 0.15) is 11.6 Å². The van der Waals surface area contributed by atoms with E-state index in [-0.39, 0.29) is 10.8 Å². The Kier molecular flexibility index (Phi) is 5.48. The average molecular weight is 346 g/mol. The van der Waals surface area contributed by atoms with Gasteiger partial charge in [0.05, 0.1) is 13.2 Å². The number of aliphatic hydroxyl groups excluding tert-OH is 1. The molecule has 0 unspecified atom stereocenters. The molecular weight excluding hydrogens is 315 g/mol. The Morgan fingerprint density at radius 1 is 1.28 bits per heavy atom. The maximum Gasteiger partial charge on any atom is 0.129 e. The van der Waals surface area contributed by atoms with E-state index < -0.39 is 12.4 Å². The van der Waals surface area contributed by atoms with Gasteiger partial charge in [0.2, 0.25) is 0 Å². The van der Waals surface area contributed by atoms with E-state index in [2.05, 4.69) is 46.8 Å². The Morgan fingerprint density at radius 3 is 2.44 bits per heavy atom. The summed E-state index contributed by atoms with van der Waals surface area (Å²) >= 11 is 0. The van der Waals surface area contributed by atoms with Crippen LogP contribution >= 0.6 is 0 Å². The monoisotopic (exact) mass is 346 g/mol. The Balaban J connectivity index is 2.80. The second-order valence-electron chi connectivity index (χ2n) is 8.47. The van der Waals surface area contributed by atoms with Crippen LogP contribution in [-0.4, -0.2) is 18.3 Å². The van der Waals surface area contributed by atoms with E-state index in [1.165, 1.54) is 11.1 Å². The van der Waals surface area contributed by atoms with Crippen molar-refractivity contribution in [2.24, 2.45) is 5.41 Å². The first kappa shape index (κ1) is 19.7. The zero-order valence-corrected chi connectivity index (χ0v) is 16.6. The Bertz CT molecular complexity index is 718. The van der Waals surface area contributed by atoms with E-state index in [4.69, 9.17) is 4.74 Å². The summed E-state index contributed by atoms with van der Waals surface area (Å²) in [6.45, 7) is 14.6. The van der Waals surface area contributed by atoms with Gasteiger partial charge in [-0.05, 0) is 65.5 Å². The molecule has 25 heavy (non-hydrogen) atoms. The third-order valence-corrected chi connectivity index (χ3v) is 5.01. The van der Waals surface area contributed by atoms with Crippen LogP contribution in [0, 0.1) is 5.41 Å². The van der Waals surface area contributed by atoms with E-state index in [0.717, 1.165) is 17.5 Å². The molecule has 2 nitrogen and oxygen atoms in total. The third-order valence-electron chi connectivity index (χ3n) is 5.01. The number of aliphatic hydroxyl groups is 1. The van der Waals surface area contributed by atoms with Gasteiger partial charge in [-0.3, -0.25) is 0 Å². The highest BCUT2D eigenvalue weighted by Gasteiger charge is 2.33. The highest BCUT2D eigenvalue weighted by molar-refractivity contribution is 5.81. The van der Waals surface area contributed by atoms with Crippen LogP contribution in [-0.2, 0) is 5.41 Å². The highest BCUT2D eigenvalue weighted by Crippen LogP contribution is 2.48. The zero-order chi connectivity index (χ0) is 19.0. The van der Waals surface area contributed by atoms with Crippen LogP contribution in [0.15, 0.2) is 24.0 Å². The van der Waals surface area contributed by atoms with E-state index >= 15 is 0 Å². The van der Waals surface area contributed by atoms with Crippen molar-refractivity contribution in [1.82, 2.24) is 0 Å². The largest absolute Gasteiger partial charge is 0.493 e. The van der Waals surface area contributed by atoms with Gasteiger partial charge in [-0.15, -0.1) is 0 Å². The lowest BCUT2D eigenvalue weighted by molar-refractivity contribution is 0.299. The number of rotatable bonds is 4. The van der Waals surface area contributed by atoms with Crippen molar-refractivity contribution in [2.45, 2.75) is 60.3 Å². The molecule has 0 saturated heterocycles. The van der Waals surface area contributed by atoms with Crippen LogP contribution in [0.25, 0.3) is 11.1 Å². The van der Waals surface area contributed by atoms with Crippen molar-refractivity contribution in [2.75, 3.05) is 13.2 Å². The minimum absolute atomic E-state index is 0.00159. The van der Waals surface area contributed by atoms with Gasteiger partial charge in [0.15, 0.2) is 0 Å². The summed E-state index contributed by atoms with van der Waals surface area (Å²) in [5.74, 6) is 0.169. The van der Waals surface area contributed by atoms with Crippen LogP contribution in [0.3, 0.4) is 0 Å². The summed E-state index contributed by atoms with van der Waals surface area (Å²) < 4.78 is 19.9. The maximum atomic E-state index is 14.1. The van der Waals surface area contributed by atoms with Crippen molar-refractivity contribution in [3.05, 3.63) is 40.7 Å². The van der Waals surface area contributed by atoms with Crippen molar-refractivity contribution < 1.29 is 14.2 Å². The first-order valence-corrected chi connectivity index (χ1v) is 9.01. The number of allylic oxidation sites excluding steroid dienone is 3. The van der Waals surface area contributed by atoms with Crippen molar-refractivity contribution in [1.29, 1.82) is 0 Å². The smallest absolute Gasteiger partial charge is 0.129 e. The summed E-state index contributed by atoms with van der Waals surface area (Å²) in [7, 11) is 0. The summed E-state index contributed by atoms with van der Waals surface area (Å²) in [6, 6.07) is 4.12. The summed E-state index contributed by atoms with van der Waals surface area (Å²) in [5, 5.41) is 9.20. The molecule has 2 rings (SSSR count). The van der Waals surface area contributed by atoms with Gasteiger partial charge in [-0.25, -0.2) is 4.39 Å². The standard InChI is InChI=1S/C22H31FO2/c1-8-25-20-12-18-16(11-15(20)14(2)19(23)13-24)17(21(3,4)5)9-10-22(18,6)7/h9,11-12,24H,8,10,13H2,1-7H3/b19-14+. The molecule has 1 N–H and O–H groups in total. The first-order valence-electron chi connectivity index (χ1n) is 9.01.